The summed E-state index contributed by atoms with van der Waals surface area (Å²) < 4.78 is 5.19. The minimum Gasteiger partial charge on any atom is -0.508 e. The summed E-state index contributed by atoms with van der Waals surface area (Å²) in [5.74, 6) is 1.71. The quantitative estimate of drug-likeness (QED) is 0.783. The van der Waals surface area contributed by atoms with Gasteiger partial charge in [0.15, 0.2) is 0 Å². The van der Waals surface area contributed by atoms with E-state index in [0.717, 1.165) is 5.56 Å². The van der Waals surface area contributed by atoms with Gasteiger partial charge in [-0.15, -0.1) is 0 Å². The summed E-state index contributed by atoms with van der Waals surface area (Å²) in [5, 5.41) is 13.6. The van der Waals surface area contributed by atoms with Gasteiger partial charge in [-0.05, 0) is 19.1 Å². The number of aromatic nitrogens is 4. The second-order valence-corrected chi connectivity index (χ2v) is 4.31. The van der Waals surface area contributed by atoms with Crippen LogP contribution in [0, 0.1) is 6.92 Å². The Morgan fingerprint density at radius 2 is 2.00 bits per heavy atom. The third-order valence-corrected chi connectivity index (χ3v) is 2.81. The molecule has 0 unspecified atom stereocenters. The summed E-state index contributed by atoms with van der Waals surface area (Å²) in [6.07, 6.45) is 2.03. The predicted molar refractivity (Wildman–Crippen MR) is 71.0 cm³/mol. The van der Waals surface area contributed by atoms with E-state index in [-0.39, 0.29) is 5.75 Å². The van der Waals surface area contributed by atoms with Gasteiger partial charge in [-0.3, -0.25) is 0 Å². The van der Waals surface area contributed by atoms with E-state index in [2.05, 4.69) is 20.1 Å². The standard InChI is InChI=1S/C14H12N4O2/c1-9-15-7-6-11(16-9)14-17-13(20-18-14)8-10-4-2-3-5-12(10)19/h2-7,19H,8H2,1H3. The van der Waals surface area contributed by atoms with Crippen molar-refractivity contribution in [2.45, 2.75) is 13.3 Å². The van der Waals surface area contributed by atoms with Crippen molar-refractivity contribution in [3.63, 3.8) is 0 Å². The van der Waals surface area contributed by atoms with Gasteiger partial charge in [-0.25, -0.2) is 9.97 Å². The minimum absolute atomic E-state index is 0.213. The van der Waals surface area contributed by atoms with Gasteiger partial charge in [-0.2, -0.15) is 4.98 Å². The molecule has 0 aliphatic heterocycles. The molecule has 3 aromatic rings. The molecule has 0 radical (unpaired) electrons. The summed E-state index contributed by atoms with van der Waals surface area (Å²) in [7, 11) is 0. The molecule has 6 nitrogen and oxygen atoms in total. The number of aryl methyl sites for hydroxylation is 1. The molecule has 1 N–H and O–H groups in total. The zero-order chi connectivity index (χ0) is 13.9. The first-order chi connectivity index (χ1) is 9.72. The van der Waals surface area contributed by atoms with Crippen molar-refractivity contribution in [2.24, 2.45) is 0 Å². The lowest BCUT2D eigenvalue weighted by Crippen LogP contribution is -1.92. The largest absolute Gasteiger partial charge is 0.508 e. The van der Waals surface area contributed by atoms with E-state index >= 15 is 0 Å². The minimum atomic E-state index is 0.213. The van der Waals surface area contributed by atoms with Crippen molar-refractivity contribution in [3.8, 4) is 17.3 Å². The lowest BCUT2D eigenvalue weighted by molar-refractivity contribution is 0.383. The topological polar surface area (TPSA) is 84.9 Å². The van der Waals surface area contributed by atoms with Gasteiger partial charge in [0.1, 0.15) is 17.3 Å². The molecule has 3 rings (SSSR count). The molecule has 0 bridgehead atoms. The number of nitrogens with zero attached hydrogens (tertiary/aromatic N) is 4. The fraction of sp³-hybridized carbons (Fsp3) is 0.143. The Hall–Kier alpha value is -2.76. The average Bonchev–Trinajstić information content (AvgIpc) is 2.90. The van der Waals surface area contributed by atoms with E-state index in [4.69, 9.17) is 4.52 Å². The van der Waals surface area contributed by atoms with E-state index in [1.807, 2.05) is 12.1 Å². The van der Waals surface area contributed by atoms with Crippen molar-refractivity contribution in [3.05, 3.63) is 53.8 Å². The molecule has 0 atom stereocenters. The molecule has 0 saturated heterocycles. The van der Waals surface area contributed by atoms with Crippen LogP contribution in [0.3, 0.4) is 0 Å². The van der Waals surface area contributed by atoms with E-state index in [1.54, 1.807) is 31.3 Å². The number of benzene rings is 1. The number of hydrogen-bond donors (Lipinski definition) is 1. The van der Waals surface area contributed by atoms with Crippen molar-refractivity contribution < 1.29 is 9.63 Å². The van der Waals surface area contributed by atoms with Crippen LogP contribution >= 0.6 is 0 Å². The number of para-hydroxylation sites is 1. The highest BCUT2D eigenvalue weighted by Crippen LogP contribution is 2.20. The molecule has 0 saturated carbocycles. The molecule has 2 heterocycles. The van der Waals surface area contributed by atoms with E-state index in [1.165, 1.54) is 0 Å². The van der Waals surface area contributed by atoms with Gasteiger partial charge < -0.3 is 9.63 Å². The summed E-state index contributed by atoms with van der Waals surface area (Å²) in [4.78, 5) is 12.5. The molecule has 0 fully saturated rings. The second-order valence-electron chi connectivity index (χ2n) is 4.31. The first kappa shape index (κ1) is 12.3. The van der Waals surface area contributed by atoms with Crippen LogP contribution in [0.15, 0.2) is 41.1 Å². The fourth-order valence-corrected chi connectivity index (χ4v) is 1.83. The predicted octanol–water partition coefficient (Wildman–Crippen LogP) is 2.13. The molecule has 0 aliphatic carbocycles. The molecule has 0 amide bonds. The molecular weight excluding hydrogens is 256 g/mol. The molecule has 100 valence electrons. The second kappa shape index (κ2) is 5.08. The number of aromatic hydroxyl groups is 1. The third-order valence-electron chi connectivity index (χ3n) is 2.81. The summed E-state index contributed by atoms with van der Waals surface area (Å²) >= 11 is 0. The summed E-state index contributed by atoms with van der Waals surface area (Å²) in [6, 6.07) is 8.78. The number of phenols is 1. The van der Waals surface area contributed by atoms with E-state index in [9.17, 15) is 5.11 Å². The van der Waals surface area contributed by atoms with Crippen molar-refractivity contribution in [2.75, 3.05) is 0 Å². The maximum Gasteiger partial charge on any atom is 0.231 e. The Bertz CT molecular complexity index is 739. The highest BCUT2D eigenvalue weighted by molar-refractivity contribution is 5.47. The molecule has 0 spiro atoms. The maximum absolute atomic E-state index is 9.72. The molecular formula is C14H12N4O2. The Kier molecular flexibility index (Phi) is 3.12. The lowest BCUT2D eigenvalue weighted by Gasteiger charge is -1.99. The number of phenolic OH excluding ortho intramolecular Hbond substituents is 1. The zero-order valence-electron chi connectivity index (χ0n) is 10.8. The fourth-order valence-electron chi connectivity index (χ4n) is 1.83. The molecule has 2 aromatic heterocycles. The average molecular weight is 268 g/mol. The lowest BCUT2D eigenvalue weighted by atomic mass is 10.1. The Balaban J connectivity index is 1.86. The SMILES string of the molecule is Cc1nccc(-c2noc(Cc3ccccc3O)n2)n1. The van der Waals surface area contributed by atoms with E-state index < -0.39 is 0 Å². The van der Waals surface area contributed by atoms with Crippen LogP contribution in [0.4, 0.5) is 0 Å². The third kappa shape index (κ3) is 2.49. The smallest absolute Gasteiger partial charge is 0.231 e. The van der Waals surface area contributed by atoms with Gasteiger partial charge in [0, 0.05) is 11.8 Å². The number of hydrogen-bond acceptors (Lipinski definition) is 6. The Morgan fingerprint density at radius 1 is 1.15 bits per heavy atom. The summed E-state index contributed by atoms with van der Waals surface area (Å²) in [6.45, 7) is 1.80. The first-order valence-corrected chi connectivity index (χ1v) is 6.12. The van der Waals surface area contributed by atoms with Gasteiger partial charge >= 0.3 is 0 Å². The normalized spacial score (nSPS) is 10.7. The van der Waals surface area contributed by atoms with Gasteiger partial charge in [-0.1, -0.05) is 23.4 Å². The molecule has 6 heteroatoms. The first-order valence-electron chi connectivity index (χ1n) is 6.12. The van der Waals surface area contributed by atoms with Crippen molar-refractivity contribution >= 4 is 0 Å². The van der Waals surface area contributed by atoms with Crippen molar-refractivity contribution in [1.29, 1.82) is 0 Å². The zero-order valence-corrected chi connectivity index (χ0v) is 10.8. The van der Waals surface area contributed by atoms with Crippen LogP contribution in [0.5, 0.6) is 5.75 Å². The Labute approximate surface area is 115 Å². The van der Waals surface area contributed by atoms with Crippen molar-refractivity contribution in [1.82, 2.24) is 20.1 Å². The highest BCUT2D eigenvalue weighted by Gasteiger charge is 2.12. The van der Waals surface area contributed by atoms with Crippen LogP contribution in [0.25, 0.3) is 11.5 Å². The van der Waals surface area contributed by atoms with Gasteiger partial charge in [0.25, 0.3) is 0 Å². The van der Waals surface area contributed by atoms with Crippen LogP contribution in [-0.2, 0) is 6.42 Å². The summed E-state index contributed by atoms with van der Waals surface area (Å²) in [5.41, 5.74) is 1.35. The highest BCUT2D eigenvalue weighted by atomic mass is 16.5. The van der Waals surface area contributed by atoms with Crippen LogP contribution in [0.1, 0.15) is 17.3 Å². The maximum atomic E-state index is 9.72. The van der Waals surface area contributed by atoms with Crippen LogP contribution < -0.4 is 0 Å². The molecule has 20 heavy (non-hydrogen) atoms. The monoisotopic (exact) mass is 268 g/mol. The van der Waals surface area contributed by atoms with Crippen LogP contribution in [0.2, 0.25) is 0 Å². The Morgan fingerprint density at radius 3 is 2.80 bits per heavy atom. The molecule has 1 aromatic carbocycles. The van der Waals surface area contributed by atoms with E-state index in [0.29, 0.717) is 29.7 Å². The van der Waals surface area contributed by atoms with Gasteiger partial charge in [0.2, 0.25) is 11.7 Å². The number of rotatable bonds is 3. The van der Waals surface area contributed by atoms with Gasteiger partial charge in [0.05, 0.1) is 6.42 Å². The van der Waals surface area contributed by atoms with Crippen LogP contribution in [-0.4, -0.2) is 25.2 Å². The molecule has 0 aliphatic rings.